The third kappa shape index (κ3) is 7.02. The molecule has 0 radical (unpaired) electrons. The summed E-state index contributed by atoms with van der Waals surface area (Å²) in [7, 11) is 1.80. The summed E-state index contributed by atoms with van der Waals surface area (Å²) in [5.74, 6) is 0.644. The minimum atomic E-state index is -0.188. The molecule has 6 heteroatoms. The molecule has 2 rings (SSSR count). The van der Waals surface area contributed by atoms with Gasteiger partial charge in [-0.3, -0.25) is 4.99 Å². The van der Waals surface area contributed by atoms with Crippen molar-refractivity contribution in [3.63, 3.8) is 0 Å². The molecule has 1 aromatic carbocycles. The molecule has 0 atom stereocenters. The molecule has 4 nitrogen and oxygen atoms in total. The van der Waals surface area contributed by atoms with Crippen LogP contribution in [0.4, 0.5) is 4.39 Å². The topological polar surface area (TPSA) is 39.7 Å². The van der Waals surface area contributed by atoms with Crippen LogP contribution in [0.15, 0.2) is 29.3 Å². The molecule has 0 aliphatic carbocycles. The maximum Gasteiger partial charge on any atom is 0.191 e. The third-order valence-electron chi connectivity index (χ3n) is 5.00. The van der Waals surface area contributed by atoms with E-state index in [1.165, 1.54) is 19.0 Å². The van der Waals surface area contributed by atoms with Gasteiger partial charge in [-0.2, -0.15) is 0 Å². The average Bonchev–Trinajstić information content (AvgIpc) is 2.60. The lowest BCUT2D eigenvalue weighted by Gasteiger charge is -2.33. The minimum Gasteiger partial charge on any atom is -0.356 e. The molecule has 0 unspecified atom stereocenters. The summed E-state index contributed by atoms with van der Waals surface area (Å²) in [4.78, 5) is 6.89. The van der Waals surface area contributed by atoms with E-state index in [-0.39, 0.29) is 35.2 Å². The molecule has 0 spiro atoms. The minimum absolute atomic E-state index is 0. The van der Waals surface area contributed by atoms with Crippen molar-refractivity contribution in [1.29, 1.82) is 0 Å². The van der Waals surface area contributed by atoms with E-state index in [1.807, 2.05) is 6.07 Å². The highest BCUT2D eigenvalue weighted by Gasteiger charge is 2.23. The van der Waals surface area contributed by atoms with Gasteiger partial charge in [0.25, 0.3) is 0 Å². The van der Waals surface area contributed by atoms with Crippen LogP contribution in [0.5, 0.6) is 0 Å². The summed E-state index contributed by atoms with van der Waals surface area (Å²) in [6.45, 7) is 10.7. The first-order valence-electron chi connectivity index (χ1n) is 9.40. The molecule has 1 aliphatic heterocycles. The number of hydrogen-bond acceptors (Lipinski definition) is 2. The molecule has 0 aromatic heterocycles. The van der Waals surface area contributed by atoms with Gasteiger partial charge in [0, 0.05) is 38.1 Å². The highest BCUT2D eigenvalue weighted by atomic mass is 127. The van der Waals surface area contributed by atoms with Crippen molar-refractivity contribution in [2.24, 2.45) is 4.99 Å². The summed E-state index contributed by atoms with van der Waals surface area (Å²) < 4.78 is 13.5. The maximum absolute atomic E-state index is 13.5. The van der Waals surface area contributed by atoms with Crippen molar-refractivity contribution in [3.8, 4) is 0 Å². The van der Waals surface area contributed by atoms with Gasteiger partial charge >= 0.3 is 0 Å². The number of nitrogens with one attached hydrogen (secondary N) is 2. The van der Waals surface area contributed by atoms with Gasteiger partial charge in [-0.25, -0.2) is 4.39 Å². The van der Waals surface area contributed by atoms with Crippen LogP contribution in [0.3, 0.4) is 0 Å². The van der Waals surface area contributed by atoms with Crippen molar-refractivity contribution < 1.29 is 4.39 Å². The molecule has 1 aliphatic rings. The molecular weight excluding hydrogens is 442 g/mol. The third-order valence-corrected chi connectivity index (χ3v) is 5.00. The predicted molar refractivity (Wildman–Crippen MR) is 119 cm³/mol. The summed E-state index contributed by atoms with van der Waals surface area (Å²) >= 11 is 0. The number of rotatable bonds is 6. The number of aliphatic imine (C=N–C) groups is 1. The van der Waals surface area contributed by atoms with Gasteiger partial charge < -0.3 is 15.5 Å². The molecule has 1 heterocycles. The number of piperidine rings is 1. The second-order valence-electron chi connectivity index (χ2n) is 7.58. The largest absolute Gasteiger partial charge is 0.356 e. The summed E-state index contributed by atoms with van der Waals surface area (Å²) in [5.41, 5.74) is 0.813. The number of halogens is 2. The second-order valence-corrected chi connectivity index (χ2v) is 7.58. The number of guanidine groups is 1. The molecular formula is C20H34FIN4. The van der Waals surface area contributed by atoms with Gasteiger partial charge in [-0.05, 0) is 43.5 Å². The SMILES string of the molecule is CCCN1CCC(NC(=NC)NCC(C)(C)c2cccc(F)c2)CC1.I. The molecule has 0 bridgehead atoms. The van der Waals surface area contributed by atoms with Gasteiger partial charge in [-0.1, -0.05) is 32.9 Å². The number of nitrogens with zero attached hydrogens (tertiary/aromatic N) is 2. The Hall–Kier alpha value is -0.890. The standard InChI is InChI=1S/C20H33FN4.HI/c1-5-11-25-12-9-18(10-13-25)24-19(22-4)23-15-20(2,3)16-7-6-8-17(21)14-16;/h6-8,14,18H,5,9-13,15H2,1-4H3,(H2,22,23,24);1H. The van der Waals surface area contributed by atoms with Crippen LogP contribution in [0.1, 0.15) is 45.6 Å². The maximum atomic E-state index is 13.5. The fraction of sp³-hybridized carbons (Fsp3) is 0.650. The van der Waals surface area contributed by atoms with E-state index in [0.29, 0.717) is 12.6 Å². The fourth-order valence-electron chi connectivity index (χ4n) is 3.32. The van der Waals surface area contributed by atoms with Crippen molar-refractivity contribution in [1.82, 2.24) is 15.5 Å². The van der Waals surface area contributed by atoms with Crippen LogP contribution in [-0.4, -0.2) is 50.1 Å². The fourth-order valence-corrected chi connectivity index (χ4v) is 3.32. The first-order valence-corrected chi connectivity index (χ1v) is 9.40. The zero-order valence-corrected chi connectivity index (χ0v) is 18.8. The lowest BCUT2D eigenvalue weighted by molar-refractivity contribution is 0.206. The highest BCUT2D eigenvalue weighted by molar-refractivity contribution is 14.0. The van der Waals surface area contributed by atoms with E-state index in [4.69, 9.17) is 0 Å². The molecule has 1 fully saturated rings. The Morgan fingerprint density at radius 3 is 2.58 bits per heavy atom. The number of benzene rings is 1. The summed E-state index contributed by atoms with van der Waals surface area (Å²) in [5, 5.41) is 6.96. The smallest absolute Gasteiger partial charge is 0.191 e. The Morgan fingerprint density at radius 2 is 2.00 bits per heavy atom. The van der Waals surface area contributed by atoms with Crippen molar-refractivity contribution in [3.05, 3.63) is 35.6 Å². The van der Waals surface area contributed by atoms with E-state index in [0.717, 1.165) is 37.5 Å². The quantitative estimate of drug-likeness (QED) is 0.373. The van der Waals surface area contributed by atoms with E-state index in [2.05, 4.69) is 41.3 Å². The van der Waals surface area contributed by atoms with Crippen LogP contribution in [0, 0.1) is 5.82 Å². The van der Waals surface area contributed by atoms with Gasteiger partial charge in [0.05, 0.1) is 0 Å². The molecule has 148 valence electrons. The summed E-state index contributed by atoms with van der Waals surface area (Å²) in [6.07, 6.45) is 3.51. The van der Waals surface area contributed by atoms with Crippen molar-refractivity contribution in [2.75, 3.05) is 33.2 Å². The molecule has 0 saturated carbocycles. The van der Waals surface area contributed by atoms with Gasteiger partial charge in [0.15, 0.2) is 5.96 Å². The molecule has 26 heavy (non-hydrogen) atoms. The van der Waals surface area contributed by atoms with E-state index >= 15 is 0 Å². The first kappa shape index (κ1) is 23.1. The molecule has 0 amide bonds. The average molecular weight is 476 g/mol. The zero-order valence-electron chi connectivity index (χ0n) is 16.5. The normalized spacial score (nSPS) is 16.9. The predicted octanol–water partition coefficient (Wildman–Crippen LogP) is 3.76. The highest BCUT2D eigenvalue weighted by Crippen LogP contribution is 2.22. The monoisotopic (exact) mass is 476 g/mol. The molecule has 2 N–H and O–H groups in total. The Morgan fingerprint density at radius 1 is 1.31 bits per heavy atom. The van der Waals surface area contributed by atoms with Gasteiger partial charge in [-0.15, -0.1) is 24.0 Å². The van der Waals surface area contributed by atoms with Crippen molar-refractivity contribution in [2.45, 2.75) is 51.5 Å². The van der Waals surface area contributed by atoms with Crippen molar-refractivity contribution >= 4 is 29.9 Å². The van der Waals surface area contributed by atoms with Crippen LogP contribution in [0.2, 0.25) is 0 Å². The lowest BCUT2D eigenvalue weighted by atomic mass is 9.84. The Kier molecular flexibility index (Phi) is 9.85. The number of likely N-dealkylation sites (tertiary alicyclic amines) is 1. The molecule has 1 saturated heterocycles. The summed E-state index contributed by atoms with van der Waals surface area (Å²) in [6, 6.07) is 7.31. The Balaban J connectivity index is 0.00000338. The number of hydrogen-bond donors (Lipinski definition) is 2. The Labute approximate surface area is 175 Å². The van der Waals surface area contributed by atoms with Crippen LogP contribution >= 0.6 is 24.0 Å². The Bertz CT molecular complexity index is 569. The lowest BCUT2D eigenvalue weighted by Crippen LogP contribution is -2.50. The van der Waals surface area contributed by atoms with Crippen LogP contribution in [0.25, 0.3) is 0 Å². The van der Waals surface area contributed by atoms with Gasteiger partial charge in [0.1, 0.15) is 5.82 Å². The van der Waals surface area contributed by atoms with E-state index < -0.39 is 0 Å². The van der Waals surface area contributed by atoms with Crippen LogP contribution in [-0.2, 0) is 5.41 Å². The van der Waals surface area contributed by atoms with E-state index in [9.17, 15) is 4.39 Å². The molecule has 1 aromatic rings. The van der Waals surface area contributed by atoms with Crippen LogP contribution < -0.4 is 10.6 Å². The zero-order chi connectivity index (χ0) is 18.3. The van der Waals surface area contributed by atoms with E-state index in [1.54, 1.807) is 19.2 Å². The van der Waals surface area contributed by atoms with Gasteiger partial charge in [0.2, 0.25) is 0 Å². The second kappa shape index (κ2) is 11.1. The first-order chi connectivity index (χ1) is 11.9.